The van der Waals surface area contributed by atoms with E-state index in [1.807, 2.05) is 6.07 Å². The molecule has 2 fully saturated rings. The third kappa shape index (κ3) is 2.30. The van der Waals surface area contributed by atoms with Crippen molar-refractivity contribution < 1.29 is 14.6 Å². The maximum atomic E-state index is 10.9. The van der Waals surface area contributed by atoms with Crippen LogP contribution in [-0.2, 0) is 11.3 Å². The summed E-state index contributed by atoms with van der Waals surface area (Å²) in [7, 11) is 0. The SMILES string of the molecule is O=C(O)c1ccc(CN2CCOC3CCCC32)s1. The fourth-order valence-corrected chi connectivity index (χ4v) is 3.85. The van der Waals surface area contributed by atoms with Crippen LogP contribution in [0.3, 0.4) is 0 Å². The monoisotopic (exact) mass is 267 g/mol. The number of carboxylic acid groups (broad SMARTS) is 1. The van der Waals surface area contributed by atoms with Crippen molar-refractivity contribution >= 4 is 17.3 Å². The van der Waals surface area contributed by atoms with Crippen LogP contribution in [0.2, 0.25) is 0 Å². The number of fused-ring (bicyclic) bond motifs is 1. The van der Waals surface area contributed by atoms with Gasteiger partial charge in [0.2, 0.25) is 0 Å². The van der Waals surface area contributed by atoms with Crippen molar-refractivity contribution in [2.75, 3.05) is 13.2 Å². The highest BCUT2D eigenvalue weighted by molar-refractivity contribution is 7.13. The summed E-state index contributed by atoms with van der Waals surface area (Å²) in [5, 5.41) is 8.93. The van der Waals surface area contributed by atoms with Gasteiger partial charge in [-0.3, -0.25) is 4.90 Å². The van der Waals surface area contributed by atoms with Crippen LogP contribution in [0.4, 0.5) is 0 Å². The zero-order valence-corrected chi connectivity index (χ0v) is 11.0. The molecule has 2 unspecified atom stereocenters. The minimum Gasteiger partial charge on any atom is -0.477 e. The van der Waals surface area contributed by atoms with E-state index >= 15 is 0 Å². The molecule has 0 bridgehead atoms. The molecule has 18 heavy (non-hydrogen) atoms. The van der Waals surface area contributed by atoms with Crippen LogP contribution in [0.1, 0.15) is 33.8 Å². The van der Waals surface area contributed by atoms with E-state index in [1.165, 1.54) is 30.6 Å². The molecule has 0 amide bonds. The molecule has 2 aliphatic rings. The van der Waals surface area contributed by atoms with Crippen LogP contribution in [0.25, 0.3) is 0 Å². The second-order valence-electron chi connectivity index (χ2n) is 4.95. The first-order chi connectivity index (χ1) is 8.74. The van der Waals surface area contributed by atoms with E-state index in [9.17, 15) is 4.79 Å². The van der Waals surface area contributed by atoms with Crippen LogP contribution < -0.4 is 0 Å². The molecular formula is C13H17NO3S. The molecular weight excluding hydrogens is 250 g/mol. The van der Waals surface area contributed by atoms with Gasteiger partial charge in [-0.1, -0.05) is 0 Å². The molecule has 5 heteroatoms. The molecule has 1 aliphatic carbocycles. The number of hydrogen-bond donors (Lipinski definition) is 1. The molecule has 1 N–H and O–H groups in total. The fraction of sp³-hybridized carbons (Fsp3) is 0.615. The minimum absolute atomic E-state index is 0.401. The molecule has 98 valence electrons. The van der Waals surface area contributed by atoms with E-state index in [2.05, 4.69) is 4.90 Å². The van der Waals surface area contributed by atoms with Crippen molar-refractivity contribution in [2.45, 2.75) is 38.0 Å². The molecule has 1 saturated heterocycles. The van der Waals surface area contributed by atoms with Crippen molar-refractivity contribution in [1.82, 2.24) is 4.90 Å². The zero-order chi connectivity index (χ0) is 12.5. The predicted molar refractivity (Wildman–Crippen MR) is 69.1 cm³/mol. The van der Waals surface area contributed by atoms with Gasteiger partial charge in [0.1, 0.15) is 4.88 Å². The number of hydrogen-bond acceptors (Lipinski definition) is 4. The van der Waals surface area contributed by atoms with Gasteiger partial charge in [-0.05, 0) is 31.4 Å². The standard InChI is InChI=1S/C13H17NO3S/c15-13(16)12-5-4-9(18-12)8-14-6-7-17-11-3-1-2-10(11)14/h4-5,10-11H,1-3,6-8H2,(H,15,16). The quantitative estimate of drug-likeness (QED) is 0.912. The lowest BCUT2D eigenvalue weighted by atomic mass is 10.1. The smallest absolute Gasteiger partial charge is 0.345 e. The second-order valence-corrected chi connectivity index (χ2v) is 6.12. The molecule has 1 aromatic rings. The Bertz CT molecular complexity index is 445. The van der Waals surface area contributed by atoms with Gasteiger partial charge >= 0.3 is 5.97 Å². The van der Waals surface area contributed by atoms with Gasteiger partial charge in [-0.15, -0.1) is 11.3 Å². The molecule has 1 aliphatic heterocycles. The topological polar surface area (TPSA) is 49.8 Å². The fourth-order valence-electron chi connectivity index (χ4n) is 2.98. The number of nitrogens with zero attached hydrogens (tertiary/aromatic N) is 1. The van der Waals surface area contributed by atoms with Crippen LogP contribution in [0.5, 0.6) is 0 Å². The van der Waals surface area contributed by atoms with E-state index in [0.717, 1.165) is 24.6 Å². The molecule has 0 spiro atoms. The van der Waals surface area contributed by atoms with Gasteiger partial charge in [-0.2, -0.15) is 0 Å². The van der Waals surface area contributed by atoms with Crippen LogP contribution >= 0.6 is 11.3 Å². The molecule has 3 rings (SSSR count). The molecule has 2 heterocycles. The Morgan fingerprint density at radius 1 is 1.50 bits per heavy atom. The minimum atomic E-state index is -0.827. The summed E-state index contributed by atoms with van der Waals surface area (Å²) in [4.78, 5) is 14.9. The zero-order valence-electron chi connectivity index (χ0n) is 10.2. The summed E-state index contributed by atoms with van der Waals surface area (Å²) in [6.45, 7) is 2.63. The van der Waals surface area contributed by atoms with Gasteiger partial charge in [0.25, 0.3) is 0 Å². The largest absolute Gasteiger partial charge is 0.477 e. The average molecular weight is 267 g/mol. The second kappa shape index (κ2) is 4.99. The lowest BCUT2D eigenvalue weighted by Gasteiger charge is -2.37. The highest BCUT2D eigenvalue weighted by Crippen LogP contribution is 2.31. The third-order valence-electron chi connectivity index (χ3n) is 3.83. The number of rotatable bonds is 3. The molecule has 1 aromatic heterocycles. The van der Waals surface area contributed by atoms with Crippen molar-refractivity contribution in [1.29, 1.82) is 0 Å². The van der Waals surface area contributed by atoms with Crippen LogP contribution in [0, 0.1) is 0 Å². The predicted octanol–water partition coefficient (Wildman–Crippen LogP) is 2.20. The molecule has 1 saturated carbocycles. The summed E-state index contributed by atoms with van der Waals surface area (Å²) in [6.07, 6.45) is 4.03. The normalized spacial score (nSPS) is 28.2. The first-order valence-electron chi connectivity index (χ1n) is 6.42. The lowest BCUT2D eigenvalue weighted by molar-refractivity contribution is -0.0584. The van der Waals surface area contributed by atoms with E-state index in [0.29, 0.717) is 17.0 Å². The third-order valence-corrected chi connectivity index (χ3v) is 4.89. The number of thiophene rings is 1. The molecule has 0 radical (unpaired) electrons. The Labute approximate surface area is 110 Å². The summed E-state index contributed by atoms with van der Waals surface area (Å²) < 4.78 is 5.78. The van der Waals surface area contributed by atoms with Crippen LogP contribution in [0.15, 0.2) is 12.1 Å². The van der Waals surface area contributed by atoms with Gasteiger partial charge in [0.05, 0.1) is 12.7 Å². The van der Waals surface area contributed by atoms with Crippen molar-refractivity contribution in [3.8, 4) is 0 Å². The number of ether oxygens (including phenoxy) is 1. The summed E-state index contributed by atoms with van der Waals surface area (Å²) in [5.74, 6) is -0.827. The molecule has 2 atom stereocenters. The number of morpholine rings is 1. The van der Waals surface area contributed by atoms with Gasteiger partial charge < -0.3 is 9.84 Å². The van der Waals surface area contributed by atoms with Crippen molar-refractivity contribution in [3.05, 3.63) is 21.9 Å². The van der Waals surface area contributed by atoms with E-state index in [1.54, 1.807) is 6.07 Å². The van der Waals surface area contributed by atoms with E-state index < -0.39 is 5.97 Å². The number of aromatic carboxylic acids is 1. The Balaban J connectivity index is 1.69. The van der Waals surface area contributed by atoms with Gasteiger partial charge in [-0.25, -0.2) is 4.79 Å². The highest BCUT2D eigenvalue weighted by atomic mass is 32.1. The molecule has 0 aromatic carbocycles. The summed E-state index contributed by atoms with van der Waals surface area (Å²) >= 11 is 1.39. The molecule has 4 nitrogen and oxygen atoms in total. The Morgan fingerprint density at radius 2 is 2.39 bits per heavy atom. The number of carbonyl (C=O) groups is 1. The maximum Gasteiger partial charge on any atom is 0.345 e. The van der Waals surface area contributed by atoms with Crippen molar-refractivity contribution in [3.63, 3.8) is 0 Å². The average Bonchev–Trinajstić information content (AvgIpc) is 2.97. The van der Waals surface area contributed by atoms with Crippen molar-refractivity contribution in [2.24, 2.45) is 0 Å². The Morgan fingerprint density at radius 3 is 3.17 bits per heavy atom. The first-order valence-corrected chi connectivity index (χ1v) is 7.23. The van der Waals surface area contributed by atoms with Gasteiger partial charge in [0, 0.05) is 24.0 Å². The summed E-state index contributed by atoms with van der Waals surface area (Å²) in [6, 6.07) is 4.18. The Kier molecular flexibility index (Phi) is 3.37. The van der Waals surface area contributed by atoms with Gasteiger partial charge in [0.15, 0.2) is 0 Å². The van der Waals surface area contributed by atoms with E-state index in [4.69, 9.17) is 9.84 Å². The van der Waals surface area contributed by atoms with E-state index in [-0.39, 0.29) is 0 Å². The first kappa shape index (κ1) is 12.1. The highest BCUT2D eigenvalue weighted by Gasteiger charge is 2.35. The van der Waals surface area contributed by atoms with Crippen LogP contribution in [-0.4, -0.2) is 41.3 Å². The Hall–Kier alpha value is -0.910. The number of carboxylic acids is 1. The summed E-state index contributed by atoms with van der Waals surface area (Å²) in [5.41, 5.74) is 0. The lowest BCUT2D eigenvalue weighted by Crippen LogP contribution is -2.47. The maximum absolute atomic E-state index is 10.9.